The van der Waals surface area contributed by atoms with Crippen LogP contribution in [0.25, 0.3) is 11.2 Å². The van der Waals surface area contributed by atoms with Gasteiger partial charge in [0.15, 0.2) is 23.6 Å². The number of rotatable bonds is 12. The Balaban J connectivity index is 0.646. The summed E-state index contributed by atoms with van der Waals surface area (Å²) in [7, 11) is 0. The first-order chi connectivity index (χ1) is 30.7. The van der Waals surface area contributed by atoms with E-state index in [2.05, 4.69) is 59.7 Å². The lowest BCUT2D eigenvalue weighted by molar-refractivity contribution is -0.138. The minimum absolute atomic E-state index is 0.00128. The minimum Gasteiger partial charge on any atom is -0.484 e. The second kappa shape index (κ2) is 17.5. The predicted molar refractivity (Wildman–Crippen MR) is 237 cm³/mol. The van der Waals surface area contributed by atoms with Crippen molar-refractivity contribution in [1.29, 1.82) is 0 Å². The number of hydrogen-bond acceptors (Lipinski definition) is 10. The molecule has 3 saturated heterocycles. The topological polar surface area (TPSA) is 164 Å². The zero-order valence-corrected chi connectivity index (χ0v) is 35.6. The molecule has 14 heteroatoms. The van der Waals surface area contributed by atoms with Crippen LogP contribution in [0.2, 0.25) is 0 Å². The summed E-state index contributed by atoms with van der Waals surface area (Å²) in [5, 5.41) is 9.07. The first-order valence-corrected chi connectivity index (χ1v) is 22.7. The largest absolute Gasteiger partial charge is 0.484 e. The summed E-state index contributed by atoms with van der Waals surface area (Å²) in [5.41, 5.74) is 6.03. The van der Waals surface area contributed by atoms with Gasteiger partial charge in [-0.05, 0) is 123 Å². The molecule has 5 heterocycles. The van der Waals surface area contributed by atoms with E-state index in [1.165, 1.54) is 18.4 Å². The average Bonchev–Trinajstić information content (AvgIpc) is 3.71. The first-order valence-electron chi connectivity index (χ1n) is 22.7. The third-order valence-corrected chi connectivity index (χ3v) is 14.5. The third kappa shape index (κ3) is 8.91. The standard InChI is InChI=1S/C49H55N9O5/c59-42-14-13-41(48(62)55-42)35-7-4-8-40(24-35)63-29-44(61)57-21-17-49(18-22-57)27-39(28-49)56-19-15-34(16-20-56)33-9-11-36(12-10-33)54-46-45-47(51-30-50-46)58(31-52-45)38-25-37(26-38)53-43(60)23-32-5-2-1-3-6-32/h1-12,24,30-31,34,37-39,41H,13-23,25-29H2,(H,53,60)(H,50,51,54)(H,55,59,62). The Morgan fingerprint density at radius 3 is 2.37 bits per heavy atom. The number of amides is 4. The fourth-order valence-electron chi connectivity index (χ4n) is 10.7. The molecule has 326 valence electrons. The number of imidazole rings is 1. The van der Waals surface area contributed by atoms with Gasteiger partial charge in [-0.3, -0.25) is 24.5 Å². The molecule has 1 unspecified atom stereocenters. The molecular weight excluding hydrogens is 795 g/mol. The number of piperidine rings is 3. The van der Waals surface area contributed by atoms with E-state index in [-0.39, 0.29) is 48.2 Å². The number of anilines is 2. The van der Waals surface area contributed by atoms with Crippen molar-refractivity contribution in [3.63, 3.8) is 0 Å². The molecule has 5 fully saturated rings. The van der Waals surface area contributed by atoms with E-state index < -0.39 is 0 Å². The van der Waals surface area contributed by atoms with E-state index in [0.29, 0.717) is 48.2 Å². The Labute approximate surface area is 367 Å². The van der Waals surface area contributed by atoms with Gasteiger partial charge in [-0.2, -0.15) is 0 Å². The number of imide groups is 1. The number of nitrogens with one attached hydrogen (secondary N) is 3. The van der Waals surface area contributed by atoms with Crippen molar-refractivity contribution in [2.45, 2.75) is 101 Å². The van der Waals surface area contributed by atoms with E-state index in [1.54, 1.807) is 12.4 Å². The number of fused-ring (bicyclic) bond motifs is 1. The van der Waals surface area contributed by atoms with Gasteiger partial charge in [0.1, 0.15) is 12.1 Å². The third-order valence-electron chi connectivity index (χ3n) is 14.5. The molecule has 5 aromatic rings. The monoisotopic (exact) mass is 849 g/mol. The summed E-state index contributed by atoms with van der Waals surface area (Å²) < 4.78 is 8.01. The maximum Gasteiger partial charge on any atom is 0.260 e. The number of benzene rings is 3. The van der Waals surface area contributed by atoms with Gasteiger partial charge in [0.2, 0.25) is 17.7 Å². The maximum absolute atomic E-state index is 13.1. The van der Waals surface area contributed by atoms with Crippen LogP contribution in [0.4, 0.5) is 11.5 Å². The number of nitrogens with zero attached hydrogens (tertiary/aromatic N) is 6. The predicted octanol–water partition coefficient (Wildman–Crippen LogP) is 6.18. The summed E-state index contributed by atoms with van der Waals surface area (Å²) in [6.07, 6.45) is 13.1. The van der Waals surface area contributed by atoms with Crippen LogP contribution in [-0.4, -0.2) is 97.8 Å². The van der Waals surface area contributed by atoms with Gasteiger partial charge in [-0.25, -0.2) is 15.0 Å². The molecular formula is C49H55N9O5. The smallest absolute Gasteiger partial charge is 0.260 e. The molecule has 1 spiro atoms. The SMILES string of the molecule is O=C1CCC(c2cccc(OCC(=O)N3CCC4(CC3)CC(N3CCC(c5ccc(Nc6ncnc7c6ncn7C6CC(NC(=O)Cc7ccccc7)C6)cc5)CC3)C4)c2)C(=O)N1. The number of carbonyl (C=O) groups excluding carboxylic acids is 4. The van der Waals surface area contributed by atoms with E-state index in [0.717, 1.165) is 92.7 Å². The van der Waals surface area contributed by atoms with Gasteiger partial charge < -0.3 is 29.7 Å². The van der Waals surface area contributed by atoms with Gasteiger partial charge in [0, 0.05) is 43.3 Å². The Morgan fingerprint density at radius 2 is 1.60 bits per heavy atom. The Kier molecular flexibility index (Phi) is 11.4. The van der Waals surface area contributed by atoms with Gasteiger partial charge >= 0.3 is 0 Å². The lowest BCUT2D eigenvalue weighted by Crippen LogP contribution is -2.57. The zero-order valence-electron chi connectivity index (χ0n) is 35.6. The second-order valence-electron chi connectivity index (χ2n) is 18.5. The molecule has 0 bridgehead atoms. The fraction of sp³-hybridized carbons (Fsp3) is 0.449. The van der Waals surface area contributed by atoms with Crippen LogP contribution in [0.5, 0.6) is 5.75 Å². The van der Waals surface area contributed by atoms with Crippen LogP contribution >= 0.6 is 0 Å². The van der Waals surface area contributed by atoms with Crippen LogP contribution in [0.3, 0.4) is 0 Å². The van der Waals surface area contributed by atoms with Crippen molar-refractivity contribution < 1.29 is 23.9 Å². The fourth-order valence-corrected chi connectivity index (χ4v) is 10.7. The Bertz CT molecular complexity index is 2460. The first kappa shape index (κ1) is 40.9. The number of aromatic nitrogens is 4. The maximum atomic E-state index is 13.1. The molecule has 3 aromatic carbocycles. The van der Waals surface area contributed by atoms with E-state index in [4.69, 9.17) is 9.72 Å². The molecule has 1 atom stereocenters. The number of ether oxygens (including phenoxy) is 1. The van der Waals surface area contributed by atoms with Crippen molar-refractivity contribution in [3.05, 3.63) is 108 Å². The van der Waals surface area contributed by atoms with Crippen LogP contribution < -0.4 is 20.7 Å². The lowest BCUT2D eigenvalue weighted by atomic mass is 9.59. The number of likely N-dealkylation sites (tertiary alicyclic amines) is 2. The average molecular weight is 850 g/mol. The Morgan fingerprint density at radius 1 is 0.825 bits per heavy atom. The zero-order chi connectivity index (χ0) is 42.9. The highest BCUT2D eigenvalue weighted by molar-refractivity contribution is 6.01. The normalized spacial score (nSPS) is 22.9. The molecule has 4 amide bonds. The van der Waals surface area contributed by atoms with E-state index >= 15 is 0 Å². The summed E-state index contributed by atoms with van der Waals surface area (Å²) in [6, 6.07) is 26.9. The van der Waals surface area contributed by atoms with Gasteiger partial charge in [-0.1, -0.05) is 54.6 Å². The summed E-state index contributed by atoms with van der Waals surface area (Å²) in [5.74, 6) is 0.934. The van der Waals surface area contributed by atoms with Crippen molar-refractivity contribution in [3.8, 4) is 5.75 Å². The highest BCUT2D eigenvalue weighted by atomic mass is 16.5. The van der Waals surface area contributed by atoms with Crippen LogP contribution in [-0.2, 0) is 25.6 Å². The van der Waals surface area contributed by atoms with E-state index in [9.17, 15) is 19.2 Å². The Hall–Kier alpha value is -6.15. The van der Waals surface area contributed by atoms with Crippen molar-refractivity contribution in [1.82, 2.24) is 40.0 Å². The minimum atomic E-state index is -0.385. The lowest BCUT2D eigenvalue weighted by Gasteiger charge is -2.56. The van der Waals surface area contributed by atoms with E-state index in [1.807, 2.05) is 59.8 Å². The number of carbonyl (C=O) groups is 4. The molecule has 0 radical (unpaired) electrons. The summed E-state index contributed by atoms with van der Waals surface area (Å²) >= 11 is 0. The molecule has 5 aliphatic rings. The molecule has 3 N–H and O–H groups in total. The molecule has 2 aliphatic carbocycles. The van der Waals surface area contributed by atoms with Crippen LogP contribution in [0.15, 0.2) is 91.5 Å². The molecule has 2 saturated carbocycles. The molecule has 3 aliphatic heterocycles. The quantitative estimate of drug-likeness (QED) is 0.124. The molecule has 14 nitrogen and oxygen atoms in total. The summed E-state index contributed by atoms with van der Waals surface area (Å²) in [6.45, 7) is 3.73. The highest BCUT2D eigenvalue weighted by Gasteiger charge is 2.48. The van der Waals surface area contributed by atoms with Crippen LogP contribution in [0, 0.1) is 5.41 Å². The van der Waals surface area contributed by atoms with Crippen molar-refractivity contribution >= 4 is 46.3 Å². The highest BCUT2D eigenvalue weighted by Crippen LogP contribution is 2.51. The molecule has 10 rings (SSSR count). The molecule has 63 heavy (non-hydrogen) atoms. The van der Waals surface area contributed by atoms with Gasteiger partial charge in [0.05, 0.1) is 18.7 Å². The molecule has 2 aromatic heterocycles. The van der Waals surface area contributed by atoms with Crippen LogP contribution in [0.1, 0.15) is 98.8 Å². The number of hydrogen-bond donors (Lipinski definition) is 3. The van der Waals surface area contributed by atoms with Crippen molar-refractivity contribution in [2.24, 2.45) is 5.41 Å². The van der Waals surface area contributed by atoms with Gasteiger partial charge in [-0.15, -0.1) is 0 Å². The van der Waals surface area contributed by atoms with Crippen molar-refractivity contribution in [2.75, 3.05) is 38.1 Å². The second-order valence-corrected chi connectivity index (χ2v) is 18.5. The summed E-state index contributed by atoms with van der Waals surface area (Å²) in [4.78, 5) is 68.1. The van der Waals surface area contributed by atoms with Gasteiger partial charge in [0.25, 0.3) is 5.91 Å².